The lowest BCUT2D eigenvalue weighted by atomic mass is 9.94. The molecule has 0 bridgehead atoms. The van der Waals surface area contributed by atoms with E-state index in [-0.39, 0.29) is 0 Å². The molecule has 2 aliphatic rings. The Morgan fingerprint density at radius 2 is 2.41 bits per heavy atom. The van der Waals surface area contributed by atoms with E-state index in [1.807, 2.05) is 6.07 Å². The molecule has 92 valence electrons. The van der Waals surface area contributed by atoms with Gasteiger partial charge in [0, 0.05) is 37.4 Å². The third-order valence-electron chi connectivity index (χ3n) is 3.91. The molecule has 1 aromatic heterocycles. The van der Waals surface area contributed by atoms with Crippen LogP contribution < -0.4 is 5.32 Å². The summed E-state index contributed by atoms with van der Waals surface area (Å²) in [7, 11) is 0. The van der Waals surface area contributed by atoms with Crippen molar-refractivity contribution >= 4 is 11.6 Å². The molecule has 1 aromatic rings. The second-order valence-electron chi connectivity index (χ2n) is 5.11. The van der Waals surface area contributed by atoms with Crippen LogP contribution in [0.4, 0.5) is 0 Å². The first-order valence-corrected chi connectivity index (χ1v) is 6.76. The fourth-order valence-electron chi connectivity index (χ4n) is 3.04. The number of aromatic nitrogens is 1. The van der Waals surface area contributed by atoms with Crippen molar-refractivity contribution in [2.45, 2.75) is 25.4 Å². The van der Waals surface area contributed by atoms with Crippen LogP contribution in [0.2, 0.25) is 5.15 Å². The van der Waals surface area contributed by atoms with Gasteiger partial charge >= 0.3 is 0 Å². The summed E-state index contributed by atoms with van der Waals surface area (Å²) in [5.74, 6) is 0.833. The molecule has 2 fully saturated rings. The largest absolute Gasteiger partial charge is 0.312 e. The van der Waals surface area contributed by atoms with E-state index in [0.717, 1.165) is 24.6 Å². The van der Waals surface area contributed by atoms with E-state index in [2.05, 4.69) is 21.3 Å². The van der Waals surface area contributed by atoms with E-state index in [4.69, 9.17) is 11.6 Å². The number of rotatable bonds is 2. The Morgan fingerprint density at radius 3 is 3.24 bits per heavy atom. The van der Waals surface area contributed by atoms with E-state index < -0.39 is 0 Å². The molecule has 2 aliphatic heterocycles. The molecule has 0 spiro atoms. The highest BCUT2D eigenvalue weighted by atomic mass is 35.5. The summed E-state index contributed by atoms with van der Waals surface area (Å²) >= 11 is 6.10. The second-order valence-corrected chi connectivity index (χ2v) is 5.47. The lowest BCUT2D eigenvalue weighted by Gasteiger charge is -2.24. The van der Waals surface area contributed by atoms with Crippen molar-refractivity contribution in [1.29, 1.82) is 0 Å². The zero-order valence-corrected chi connectivity index (χ0v) is 10.7. The van der Waals surface area contributed by atoms with Crippen LogP contribution in [0, 0.1) is 5.92 Å². The minimum atomic E-state index is 0.648. The maximum Gasteiger partial charge on any atom is 0.133 e. The van der Waals surface area contributed by atoms with Gasteiger partial charge in [-0.1, -0.05) is 17.7 Å². The summed E-state index contributed by atoms with van der Waals surface area (Å²) in [5.41, 5.74) is 1.15. The second kappa shape index (κ2) is 4.92. The molecule has 0 aromatic carbocycles. The van der Waals surface area contributed by atoms with Crippen molar-refractivity contribution in [3.8, 4) is 0 Å². The van der Waals surface area contributed by atoms with Crippen molar-refractivity contribution in [3.63, 3.8) is 0 Å². The minimum Gasteiger partial charge on any atom is -0.312 e. The fraction of sp³-hybridized carbons (Fsp3) is 0.615. The number of likely N-dealkylation sites (tertiary alicyclic amines) is 1. The molecule has 0 saturated carbocycles. The zero-order valence-electron chi connectivity index (χ0n) is 9.90. The third-order valence-corrected chi connectivity index (χ3v) is 4.25. The molecule has 17 heavy (non-hydrogen) atoms. The first-order chi connectivity index (χ1) is 8.33. The lowest BCUT2D eigenvalue weighted by Crippen LogP contribution is -2.40. The Hall–Kier alpha value is -0.640. The van der Waals surface area contributed by atoms with Gasteiger partial charge in [-0.25, -0.2) is 4.98 Å². The average molecular weight is 252 g/mol. The van der Waals surface area contributed by atoms with Crippen molar-refractivity contribution in [2.24, 2.45) is 5.92 Å². The van der Waals surface area contributed by atoms with Gasteiger partial charge in [0.25, 0.3) is 0 Å². The Balaban J connectivity index is 1.65. The molecular weight excluding hydrogens is 234 g/mol. The molecule has 1 N–H and O–H groups in total. The van der Waals surface area contributed by atoms with E-state index in [1.165, 1.54) is 25.9 Å². The average Bonchev–Trinajstić information content (AvgIpc) is 2.74. The summed E-state index contributed by atoms with van der Waals surface area (Å²) in [6, 6.07) is 4.73. The monoisotopic (exact) mass is 251 g/mol. The predicted octanol–water partition coefficient (Wildman–Crippen LogP) is 1.92. The van der Waals surface area contributed by atoms with Gasteiger partial charge < -0.3 is 5.32 Å². The number of hydrogen-bond donors (Lipinski definition) is 1. The van der Waals surface area contributed by atoms with Crippen LogP contribution >= 0.6 is 11.6 Å². The van der Waals surface area contributed by atoms with E-state index in [0.29, 0.717) is 11.2 Å². The Morgan fingerprint density at radius 1 is 1.47 bits per heavy atom. The number of fused-ring (bicyclic) bond motifs is 1. The quantitative estimate of drug-likeness (QED) is 0.814. The van der Waals surface area contributed by atoms with E-state index in [9.17, 15) is 0 Å². The summed E-state index contributed by atoms with van der Waals surface area (Å²) in [6.45, 7) is 4.46. The summed E-state index contributed by atoms with van der Waals surface area (Å²) in [6.07, 6.45) is 4.44. The molecule has 3 nitrogen and oxygen atoms in total. The van der Waals surface area contributed by atoms with Crippen molar-refractivity contribution in [2.75, 3.05) is 19.6 Å². The molecule has 2 saturated heterocycles. The highest BCUT2D eigenvalue weighted by molar-refractivity contribution is 6.30. The maximum atomic E-state index is 6.10. The van der Waals surface area contributed by atoms with Gasteiger partial charge in [-0.2, -0.15) is 0 Å². The van der Waals surface area contributed by atoms with Crippen molar-refractivity contribution in [1.82, 2.24) is 15.2 Å². The Kier molecular flexibility index (Phi) is 3.32. The van der Waals surface area contributed by atoms with Gasteiger partial charge in [0.2, 0.25) is 0 Å². The molecule has 0 aliphatic carbocycles. The third kappa shape index (κ3) is 2.46. The molecule has 2 atom stereocenters. The zero-order chi connectivity index (χ0) is 11.7. The van der Waals surface area contributed by atoms with Gasteiger partial charge in [-0.15, -0.1) is 0 Å². The SMILES string of the molecule is Clc1ncccc1CN1CC2CCCNC2C1. The van der Waals surface area contributed by atoms with Crippen LogP contribution in [0.5, 0.6) is 0 Å². The molecule has 0 radical (unpaired) electrons. The van der Waals surface area contributed by atoms with Crippen LogP contribution in [0.3, 0.4) is 0 Å². The summed E-state index contributed by atoms with van der Waals surface area (Å²) in [4.78, 5) is 6.63. The highest BCUT2D eigenvalue weighted by Gasteiger charge is 2.34. The number of pyridine rings is 1. The molecular formula is C13H18ClN3. The van der Waals surface area contributed by atoms with Gasteiger partial charge in [0.05, 0.1) is 0 Å². The van der Waals surface area contributed by atoms with Crippen LogP contribution in [0.1, 0.15) is 18.4 Å². The van der Waals surface area contributed by atoms with Gasteiger partial charge in [0.1, 0.15) is 5.15 Å². The van der Waals surface area contributed by atoms with Crippen LogP contribution in [0.25, 0.3) is 0 Å². The highest BCUT2D eigenvalue weighted by Crippen LogP contribution is 2.26. The first-order valence-electron chi connectivity index (χ1n) is 6.38. The van der Waals surface area contributed by atoms with Gasteiger partial charge in [0.15, 0.2) is 0 Å². The molecule has 0 amide bonds. The molecule has 2 unspecified atom stereocenters. The van der Waals surface area contributed by atoms with E-state index >= 15 is 0 Å². The smallest absolute Gasteiger partial charge is 0.133 e. The van der Waals surface area contributed by atoms with Crippen LogP contribution in [-0.4, -0.2) is 35.6 Å². The predicted molar refractivity (Wildman–Crippen MR) is 69.0 cm³/mol. The molecule has 3 rings (SSSR count). The Bertz CT molecular complexity index is 382. The normalized spacial score (nSPS) is 29.2. The van der Waals surface area contributed by atoms with Crippen molar-refractivity contribution in [3.05, 3.63) is 29.0 Å². The number of nitrogens with one attached hydrogen (secondary N) is 1. The summed E-state index contributed by atoms with van der Waals surface area (Å²) < 4.78 is 0. The Labute approximate surface area is 107 Å². The van der Waals surface area contributed by atoms with E-state index in [1.54, 1.807) is 6.20 Å². The topological polar surface area (TPSA) is 28.2 Å². The number of nitrogens with zero attached hydrogens (tertiary/aromatic N) is 2. The number of piperidine rings is 1. The lowest BCUT2D eigenvalue weighted by molar-refractivity contribution is 0.312. The van der Waals surface area contributed by atoms with Crippen LogP contribution in [0.15, 0.2) is 18.3 Å². The number of hydrogen-bond acceptors (Lipinski definition) is 3. The van der Waals surface area contributed by atoms with Crippen LogP contribution in [-0.2, 0) is 6.54 Å². The molecule has 3 heterocycles. The fourth-order valence-corrected chi connectivity index (χ4v) is 3.22. The maximum absolute atomic E-state index is 6.10. The number of halogens is 1. The molecule has 4 heteroatoms. The minimum absolute atomic E-state index is 0.648. The standard InChI is InChI=1S/C13H18ClN3/c14-13-11(4-2-6-16-13)8-17-7-10-3-1-5-15-12(10)9-17/h2,4,6,10,12,15H,1,3,5,7-9H2. The van der Waals surface area contributed by atoms with Crippen molar-refractivity contribution < 1.29 is 0 Å². The van der Waals surface area contributed by atoms with Gasteiger partial charge in [-0.3, -0.25) is 4.90 Å². The van der Waals surface area contributed by atoms with Gasteiger partial charge in [-0.05, 0) is 31.4 Å². The summed E-state index contributed by atoms with van der Waals surface area (Å²) in [5, 5.41) is 4.27. The first kappa shape index (κ1) is 11.5.